The monoisotopic (exact) mass is 686 g/mol. The van der Waals surface area contributed by atoms with Crippen LogP contribution in [0, 0.1) is 0 Å². The Labute approximate surface area is 290 Å². The highest BCUT2D eigenvalue weighted by atomic mass is 32.2. The Balaban J connectivity index is 4.11. The van der Waals surface area contributed by atoms with Crippen molar-refractivity contribution in [2.24, 2.45) is 0 Å². The molecule has 0 radical (unpaired) electrons. The van der Waals surface area contributed by atoms with Crippen LogP contribution in [0.5, 0.6) is 0 Å². The smallest absolute Gasteiger partial charge is 0.267 e. The highest BCUT2D eigenvalue weighted by Crippen LogP contribution is 2.15. The van der Waals surface area contributed by atoms with Gasteiger partial charge in [-0.2, -0.15) is 8.42 Å². The zero-order valence-electron chi connectivity index (χ0n) is 30.5. The van der Waals surface area contributed by atoms with Gasteiger partial charge in [0.1, 0.15) is 6.10 Å². The Bertz CT molecular complexity index is 860. The highest BCUT2D eigenvalue weighted by molar-refractivity contribution is 7.85. The first-order valence-electron chi connectivity index (χ1n) is 19.6. The second-order valence-corrected chi connectivity index (χ2v) is 15.2. The maximum absolute atomic E-state index is 12.6. The molecular formula is C39H75NO6S. The molecule has 0 bridgehead atoms. The lowest BCUT2D eigenvalue weighted by atomic mass is 10.0. The summed E-state index contributed by atoms with van der Waals surface area (Å²) in [7, 11) is -4.44. The number of aliphatic hydroxyl groups is 2. The zero-order valence-corrected chi connectivity index (χ0v) is 31.3. The maximum Gasteiger partial charge on any atom is 0.267 e. The standard InChI is InChI=1S/C39H75NO6S/c1-3-5-7-9-11-13-15-17-19-21-23-25-27-29-31-33-37(41)36(35-47(44,45)46)40-39(43)38(42)34-32-30-28-26-24-22-20-18-16-14-12-10-8-6-4-2/h23,25,31,33,36-38,41-42H,3-22,24,26-30,32,34-35H2,1-2H3,(H,40,43)(H,44,45,46)/b25-23+,33-31+. The number of rotatable bonds is 35. The molecule has 0 aromatic carbocycles. The fourth-order valence-electron chi connectivity index (χ4n) is 5.94. The quantitative estimate of drug-likeness (QED) is 0.0299. The van der Waals surface area contributed by atoms with Crippen molar-refractivity contribution >= 4 is 16.0 Å². The van der Waals surface area contributed by atoms with Gasteiger partial charge in [0.25, 0.3) is 10.1 Å². The number of hydrogen-bond acceptors (Lipinski definition) is 5. The SMILES string of the molecule is CCCCCCCCCCC/C=C/CC/C=C/C(O)C(CS(=O)(=O)O)NC(=O)C(O)CCCCCCCCCCCCCCCCC. The molecule has 0 saturated heterocycles. The van der Waals surface area contributed by atoms with E-state index >= 15 is 0 Å². The van der Waals surface area contributed by atoms with Crippen LogP contribution in [0.25, 0.3) is 0 Å². The Morgan fingerprint density at radius 1 is 0.574 bits per heavy atom. The molecular weight excluding hydrogens is 610 g/mol. The lowest BCUT2D eigenvalue weighted by molar-refractivity contribution is -0.130. The molecule has 47 heavy (non-hydrogen) atoms. The van der Waals surface area contributed by atoms with E-state index < -0.39 is 40.0 Å². The van der Waals surface area contributed by atoms with E-state index in [4.69, 9.17) is 0 Å². The van der Waals surface area contributed by atoms with Gasteiger partial charge in [-0.1, -0.05) is 186 Å². The average molecular weight is 686 g/mol. The van der Waals surface area contributed by atoms with Crippen molar-refractivity contribution in [2.45, 2.75) is 212 Å². The predicted octanol–water partition coefficient (Wildman–Crippen LogP) is 10.2. The summed E-state index contributed by atoms with van der Waals surface area (Å²) < 4.78 is 32.4. The normalized spacial score (nSPS) is 14.2. The topological polar surface area (TPSA) is 124 Å². The van der Waals surface area contributed by atoms with E-state index in [1.807, 2.05) is 0 Å². The van der Waals surface area contributed by atoms with Crippen molar-refractivity contribution in [1.82, 2.24) is 5.32 Å². The molecule has 3 unspecified atom stereocenters. The van der Waals surface area contributed by atoms with Crippen LogP contribution in [-0.2, 0) is 14.9 Å². The third-order valence-electron chi connectivity index (χ3n) is 8.99. The minimum absolute atomic E-state index is 0.278. The van der Waals surface area contributed by atoms with Crippen molar-refractivity contribution in [1.29, 1.82) is 0 Å². The largest absolute Gasteiger partial charge is 0.387 e. The van der Waals surface area contributed by atoms with Crippen molar-refractivity contribution in [3.05, 3.63) is 24.3 Å². The Morgan fingerprint density at radius 2 is 0.957 bits per heavy atom. The second kappa shape index (κ2) is 33.3. The van der Waals surface area contributed by atoms with E-state index in [0.717, 1.165) is 32.1 Å². The third-order valence-corrected chi connectivity index (χ3v) is 9.77. The number of carbonyl (C=O) groups excluding carboxylic acids is 1. The summed E-state index contributed by atoms with van der Waals surface area (Å²) in [6.45, 7) is 4.50. The van der Waals surface area contributed by atoms with Crippen LogP contribution in [-0.4, -0.2) is 53.1 Å². The summed E-state index contributed by atoms with van der Waals surface area (Å²) in [6.07, 6.45) is 38.0. The molecule has 3 atom stereocenters. The van der Waals surface area contributed by atoms with Gasteiger partial charge >= 0.3 is 0 Å². The molecule has 0 rings (SSSR count). The first-order chi connectivity index (χ1) is 22.7. The summed E-state index contributed by atoms with van der Waals surface area (Å²) in [5.41, 5.74) is 0. The second-order valence-electron chi connectivity index (χ2n) is 13.7. The molecule has 0 aromatic heterocycles. The summed E-state index contributed by atoms with van der Waals surface area (Å²) in [4.78, 5) is 12.6. The van der Waals surface area contributed by atoms with Gasteiger partial charge < -0.3 is 15.5 Å². The van der Waals surface area contributed by atoms with Crippen molar-refractivity contribution < 1.29 is 28.0 Å². The van der Waals surface area contributed by atoms with Crippen molar-refractivity contribution in [3.8, 4) is 0 Å². The first kappa shape index (κ1) is 45.8. The minimum atomic E-state index is -4.44. The molecule has 0 aliphatic rings. The third kappa shape index (κ3) is 33.1. The summed E-state index contributed by atoms with van der Waals surface area (Å²) >= 11 is 0. The minimum Gasteiger partial charge on any atom is -0.387 e. The van der Waals surface area contributed by atoms with Crippen LogP contribution in [0.3, 0.4) is 0 Å². The average Bonchev–Trinajstić information content (AvgIpc) is 3.03. The number of nitrogens with one attached hydrogen (secondary N) is 1. The van der Waals surface area contributed by atoms with Crippen LogP contribution in [0.1, 0.15) is 194 Å². The van der Waals surface area contributed by atoms with E-state index in [1.165, 1.54) is 134 Å². The molecule has 0 heterocycles. The number of allylic oxidation sites excluding steroid dienone is 3. The lowest BCUT2D eigenvalue weighted by Gasteiger charge is -2.22. The fourth-order valence-corrected chi connectivity index (χ4v) is 6.68. The zero-order chi connectivity index (χ0) is 34.9. The van der Waals surface area contributed by atoms with E-state index in [-0.39, 0.29) is 6.42 Å². The number of unbranched alkanes of at least 4 members (excludes halogenated alkanes) is 24. The van der Waals surface area contributed by atoms with Crippen LogP contribution in [0.4, 0.5) is 0 Å². The molecule has 7 nitrogen and oxygen atoms in total. The van der Waals surface area contributed by atoms with Crippen molar-refractivity contribution in [3.63, 3.8) is 0 Å². The van der Waals surface area contributed by atoms with Gasteiger partial charge in [0.2, 0.25) is 5.91 Å². The van der Waals surface area contributed by atoms with Gasteiger partial charge in [-0.15, -0.1) is 0 Å². The number of amides is 1. The van der Waals surface area contributed by atoms with E-state index in [9.17, 15) is 28.0 Å². The molecule has 0 aliphatic carbocycles. The molecule has 0 aromatic rings. The van der Waals surface area contributed by atoms with Gasteiger partial charge in [-0.25, -0.2) is 0 Å². The molecule has 4 N–H and O–H groups in total. The summed E-state index contributed by atoms with van der Waals surface area (Å²) in [5.74, 6) is -1.55. The maximum atomic E-state index is 12.6. The Kier molecular flexibility index (Phi) is 32.4. The summed E-state index contributed by atoms with van der Waals surface area (Å²) in [5, 5.41) is 23.3. The van der Waals surface area contributed by atoms with E-state index in [2.05, 4.69) is 31.3 Å². The van der Waals surface area contributed by atoms with Crippen molar-refractivity contribution in [2.75, 3.05) is 5.75 Å². The Morgan fingerprint density at radius 3 is 1.40 bits per heavy atom. The number of hydrogen-bond donors (Lipinski definition) is 4. The molecule has 278 valence electrons. The van der Waals surface area contributed by atoms with Gasteiger partial charge in [0, 0.05) is 0 Å². The van der Waals surface area contributed by atoms with Gasteiger partial charge in [0.05, 0.1) is 17.9 Å². The van der Waals surface area contributed by atoms with Crippen LogP contribution < -0.4 is 5.32 Å². The summed E-state index contributed by atoms with van der Waals surface area (Å²) in [6, 6.07) is -1.24. The van der Waals surface area contributed by atoms with E-state index in [1.54, 1.807) is 6.08 Å². The van der Waals surface area contributed by atoms with Gasteiger partial charge in [-0.3, -0.25) is 9.35 Å². The molecule has 0 saturated carbocycles. The van der Waals surface area contributed by atoms with Crippen LogP contribution in [0.2, 0.25) is 0 Å². The van der Waals surface area contributed by atoms with Crippen LogP contribution in [0.15, 0.2) is 24.3 Å². The molecule has 0 aliphatic heterocycles. The molecule has 0 spiro atoms. The van der Waals surface area contributed by atoms with E-state index in [0.29, 0.717) is 12.8 Å². The molecule has 1 amide bonds. The molecule has 0 fully saturated rings. The predicted molar refractivity (Wildman–Crippen MR) is 199 cm³/mol. The fraction of sp³-hybridized carbons (Fsp3) is 0.872. The van der Waals surface area contributed by atoms with Gasteiger partial charge in [-0.05, 0) is 32.1 Å². The lowest BCUT2D eigenvalue weighted by Crippen LogP contribution is -2.50. The first-order valence-corrected chi connectivity index (χ1v) is 21.3. The highest BCUT2D eigenvalue weighted by Gasteiger charge is 2.27. The molecule has 8 heteroatoms. The van der Waals surface area contributed by atoms with Crippen LogP contribution >= 0.6 is 0 Å². The Hall–Kier alpha value is -1.22. The number of aliphatic hydroxyl groups excluding tert-OH is 2. The number of carbonyl (C=O) groups is 1. The van der Waals surface area contributed by atoms with Gasteiger partial charge in [0.15, 0.2) is 0 Å².